The molecule has 2 aromatic rings. The zero-order chi connectivity index (χ0) is 24.9. The molecule has 10 nitrogen and oxygen atoms in total. The van der Waals surface area contributed by atoms with E-state index < -0.39 is 21.9 Å². The van der Waals surface area contributed by atoms with Crippen molar-refractivity contribution in [3.63, 3.8) is 0 Å². The summed E-state index contributed by atoms with van der Waals surface area (Å²) in [6.45, 7) is 4.45. The van der Waals surface area contributed by atoms with Crippen molar-refractivity contribution in [1.82, 2.24) is 24.2 Å². The summed E-state index contributed by atoms with van der Waals surface area (Å²) in [4.78, 5) is 14.5. The number of sulfonamides is 1. The summed E-state index contributed by atoms with van der Waals surface area (Å²) in [5, 5.41) is 17.7. The molecule has 3 atom stereocenters. The first-order valence-electron chi connectivity index (χ1n) is 11.2. The maximum atomic E-state index is 13.3. The van der Waals surface area contributed by atoms with Crippen LogP contribution in [0.25, 0.3) is 0 Å². The van der Waals surface area contributed by atoms with Crippen molar-refractivity contribution in [3.8, 4) is 0 Å². The highest BCUT2D eigenvalue weighted by Crippen LogP contribution is 2.21. The van der Waals surface area contributed by atoms with Crippen LogP contribution in [0.1, 0.15) is 32.4 Å². The van der Waals surface area contributed by atoms with Crippen LogP contribution in [0, 0.1) is 11.7 Å². The molecule has 2 heterocycles. The lowest BCUT2D eigenvalue weighted by molar-refractivity contribution is -0.136. The number of fused-ring (bicyclic) bond motifs is 1. The minimum absolute atomic E-state index is 0.0119. The molecular weight excluding hydrogens is 465 g/mol. The molecule has 1 aliphatic rings. The van der Waals surface area contributed by atoms with Gasteiger partial charge in [-0.15, -0.1) is 5.10 Å². The molecule has 0 saturated heterocycles. The minimum Gasteiger partial charge on any atom is -0.394 e. The fraction of sp³-hybridized carbons (Fsp3) is 0.591. The van der Waals surface area contributed by atoms with E-state index in [-0.39, 0.29) is 42.5 Å². The Kier molecular flexibility index (Phi) is 8.74. The molecule has 1 aliphatic heterocycles. The molecule has 0 unspecified atom stereocenters. The molecule has 34 heavy (non-hydrogen) atoms. The number of benzene rings is 1. The molecule has 1 N–H and O–H groups in total. The fourth-order valence-electron chi connectivity index (χ4n) is 3.88. The van der Waals surface area contributed by atoms with Crippen LogP contribution in [0.2, 0.25) is 0 Å². The standard InChI is InChI=1S/C22H32FN5O5S/c1-16-12-27(17(2)14-29)22(30)5-4-10-28-19(11-24-25-28)15-33-21(16)13-26(3)34(31,32)20-8-6-18(23)7-9-20/h6-9,11,16-17,21,29H,4-5,10,12-15H2,1-3H3/t16-,17-,21+/m0/s1. The average molecular weight is 498 g/mol. The maximum absolute atomic E-state index is 13.3. The van der Waals surface area contributed by atoms with Crippen LogP contribution in [0.4, 0.5) is 4.39 Å². The Labute approximate surface area is 199 Å². The van der Waals surface area contributed by atoms with Crippen molar-refractivity contribution >= 4 is 15.9 Å². The zero-order valence-electron chi connectivity index (χ0n) is 19.7. The number of aryl methyl sites for hydroxylation is 1. The van der Waals surface area contributed by atoms with Crippen molar-refractivity contribution in [2.24, 2.45) is 5.92 Å². The van der Waals surface area contributed by atoms with Crippen LogP contribution in [-0.4, -0.2) is 82.5 Å². The Bertz CT molecular complexity index is 1060. The van der Waals surface area contributed by atoms with Crippen molar-refractivity contribution < 1.29 is 27.4 Å². The molecule has 0 aliphatic carbocycles. The number of aliphatic hydroxyl groups excluding tert-OH is 1. The van der Waals surface area contributed by atoms with Crippen LogP contribution in [0.15, 0.2) is 35.4 Å². The van der Waals surface area contributed by atoms with Gasteiger partial charge in [0.25, 0.3) is 0 Å². The van der Waals surface area contributed by atoms with Gasteiger partial charge in [0.05, 0.1) is 42.1 Å². The number of rotatable bonds is 6. The third kappa shape index (κ3) is 6.17. The van der Waals surface area contributed by atoms with Crippen molar-refractivity contribution in [2.75, 3.05) is 26.7 Å². The number of likely N-dealkylation sites (N-methyl/N-ethyl adjacent to an activating group) is 1. The van der Waals surface area contributed by atoms with Gasteiger partial charge in [0.1, 0.15) is 5.82 Å². The van der Waals surface area contributed by atoms with Crippen molar-refractivity contribution in [2.45, 2.75) is 56.9 Å². The molecule has 1 aromatic carbocycles. The van der Waals surface area contributed by atoms with Crippen LogP contribution < -0.4 is 0 Å². The number of nitrogens with zero attached hydrogens (tertiary/aromatic N) is 5. The van der Waals surface area contributed by atoms with E-state index in [1.807, 2.05) is 6.92 Å². The van der Waals surface area contributed by atoms with E-state index in [4.69, 9.17) is 4.74 Å². The van der Waals surface area contributed by atoms with E-state index in [1.165, 1.54) is 23.5 Å². The number of hydrogen-bond acceptors (Lipinski definition) is 7. The molecule has 0 saturated carbocycles. The molecule has 0 fully saturated rings. The summed E-state index contributed by atoms with van der Waals surface area (Å²) < 4.78 is 48.4. The SMILES string of the molecule is C[C@H]1CN([C@@H](C)CO)C(=O)CCCn2nncc2CO[C@@H]1CN(C)S(=O)(=O)c1ccc(F)cc1. The highest BCUT2D eigenvalue weighted by Gasteiger charge is 2.31. The third-order valence-electron chi connectivity index (χ3n) is 6.10. The zero-order valence-corrected chi connectivity index (χ0v) is 20.5. The van der Waals surface area contributed by atoms with E-state index in [9.17, 15) is 22.7 Å². The van der Waals surface area contributed by atoms with Crippen molar-refractivity contribution in [1.29, 1.82) is 0 Å². The van der Waals surface area contributed by atoms with E-state index in [1.54, 1.807) is 22.7 Å². The Morgan fingerprint density at radius 3 is 2.71 bits per heavy atom. The smallest absolute Gasteiger partial charge is 0.242 e. The first-order valence-corrected chi connectivity index (χ1v) is 12.7. The number of carbonyl (C=O) groups is 1. The molecule has 1 amide bonds. The lowest BCUT2D eigenvalue weighted by Gasteiger charge is -2.35. The molecule has 3 rings (SSSR count). The van der Waals surface area contributed by atoms with Crippen LogP contribution in [0.5, 0.6) is 0 Å². The number of halogens is 1. The van der Waals surface area contributed by atoms with Crippen LogP contribution >= 0.6 is 0 Å². The monoisotopic (exact) mass is 497 g/mol. The topological polar surface area (TPSA) is 118 Å². The Balaban J connectivity index is 1.86. The molecule has 0 spiro atoms. The summed E-state index contributed by atoms with van der Waals surface area (Å²) in [6, 6.07) is 4.26. The third-order valence-corrected chi connectivity index (χ3v) is 7.94. The molecule has 188 valence electrons. The van der Waals surface area contributed by atoms with Gasteiger partial charge in [-0.3, -0.25) is 4.79 Å². The van der Waals surface area contributed by atoms with Gasteiger partial charge in [-0.1, -0.05) is 12.1 Å². The van der Waals surface area contributed by atoms with Crippen molar-refractivity contribution in [3.05, 3.63) is 42.0 Å². The second-order valence-corrected chi connectivity index (χ2v) is 10.7. The number of aliphatic hydroxyl groups is 1. The highest BCUT2D eigenvalue weighted by molar-refractivity contribution is 7.89. The normalized spacial score (nSPS) is 21.6. The lowest BCUT2D eigenvalue weighted by atomic mass is 10.0. The number of carbonyl (C=O) groups excluding carboxylic acids is 1. The Morgan fingerprint density at radius 1 is 1.32 bits per heavy atom. The number of ether oxygens (including phenoxy) is 1. The summed E-state index contributed by atoms with van der Waals surface area (Å²) in [5.74, 6) is -0.875. The van der Waals surface area contributed by atoms with E-state index in [2.05, 4.69) is 10.3 Å². The van der Waals surface area contributed by atoms with Gasteiger partial charge in [-0.05, 0) is 37.6 Å². The van der Waals surface area contributed by atoms with Gasteiger partial charge >= 0.3 is 0 Å². The van der Waals surface area contributed by atoms with Crippen LogP contribution in [-0.2, 0) is 32.7 Å². The van der Waals surface area contributed by atoms with Gasteiger partial charge in [0.15, 0.2) is 0 Å². The minimum atomic E-state index is -3.89. The summed E-state index contributed by atoms with van der Waals surface area (Å²) in [6.07, 6.45) is 1.87. The molecule has 1 aromatic heterocycles. The summed E-state index contributed by atoms with van der Waals surface area (Å²) in [5.41, 5.74) is 0.731. The largest absolute Gasteiger partial charge is 0.394 e. The maximum Gasteiger partial charge on any atom is 0.242 e. The molecular formula is C22H32FN5O5S. The Morgan fingerprint density at radius 2 is 2.03 bits per heavy atom. The summed E-state index contributed by atoms with van der Waals surface area (Å²) in [7, 11) is -2.45. The predicted octanol–water partition coefficient (Wildman–Crippen LogP) is 1.26. The quantitative estimate of drug-likeness (QED) is 0.638. The van der Waals surface area contributed by atoms with Crippen LogP contribution in [0.3, 0.4) is 0 Å². The fourth-order valence-corrected chi connectivity index (χ4v) is 5.07. The second kappa shape index (κ2) is 11.3. The Hall–Kier alpha value is -2.41. The first kappa shape index (κ1) is 26.2. The first-order chi connectivity index (χ1) is 16.1. The van der Waals surface area contributed by atoms with E-state index in [0.717, 1.165) is 17.8 Å². The second-order valence-electron chi connectivity index (χ2n) is 8.70. The van der Waals surface area contributed by atoms with Gasteiger partial charge in [0.2, 0.25) is 15.9 Å². The predicted molar refractivity (Wildman–Crippen MR) is 121 cm³/mol. The van der Waals surface area contributed by atoms with Gasteiger partial charge in [0, 0.05) is 39.0 Å². The molecule has 12 heteroatoms. The van der Waals surface area contributed by atoms with E-state index in [0.29, 0.717) is 25.9 Å². The van der Waals surface area contributed by atoms with Gasteiger partial charge < -0.3 is 14.7 Å². The van der Waals surface area contributed by atoms with Gasteiger partial charge in [-0.25, -0.2) is 17.5 Å². The average Bonchev–Trinajstić information content (AvgIpc) is 3.25. The summed E-state index contributed by atoms with van der Waals surface area (Å²) >= 11 is 0. The van der Waals surface area contributed by atoms with E-state index >= 15 is 0 Å². The molecule has 0 radical (unpaired) electrons. The highest BCUT2D eigenvalue weighted by atomic mass is 32.2. The number of amides is 1. The lowest BCUT2D eigenvalue weighted by Crippen LogP contribution is -2.47. The number of aromatic nitrogens is 3. The molecule has 0 bridgehead atoms. The van der Waals surface area contributed by atoms with Gasteiger partial charge in [-0.2, -0.15) is 4.31 Å². The number of hydrogen-bond donors (Lipinski definition) is 1.